The molecule has 0 unspecified atom stereocenters. The van der Waals surface area contributed by atoms with Crippen molar-refractivity contribution in [3.05, 3.63) is 58.9 Å². The van der Waals surface area contributed by atoms with E-state index in [4.69, 9.17) is 13.7 Å². The number of aliphatic hydroxyl groups is 2. The van der Waals surface area contributed by atoms with Crippen LogP contribution in [0.1, 0.15) is 43.1 Å². The van der Waals surface area contributed by atoms with E-state index in [-0.39, 0.29) is 40.5 Å². The Morgan fingerprint density at radius 1 is 1.09 bits per heavy atom. The number of hydrogen-bond acceptors (Lipinski definition) is 16. The summed E-state index contributed by atoms with van der Waals surface area (Å²) >= 11 is 0. The van der Waals surface area contributed by atoms with Gasteiger partial charge in [0.2, 0.25) is 11.9 Å². The summed E-state index contributed by atoms with van der Waals surface area (Å²) in [5, 5.41) is 33.3. The van der Waals surface area contributed by atoms with Crippen molar-refractivity contribution in [3.63, 3.8) is 0 Å². The number of rotatable bonds is 12. The van der Waals surface area contributed by atoms with E-state index in [1.165, 1.54) is 10.9 Å². The van der Waals surface area contributed by atoms with Crippen molar-refractivity contribution >= 4 is 56.2 Å². The Kier molecular flexibility index (Phi) is 10.1. The molecule has 6 heterocycles. The highest BCUT2D eigenvalue weighted by Gasteiger charge is 2.47. The minimum Gasteiger partial charge on any atom is -0.394 e. The van der Waals surface area contributed by atoms with Crippen LogP contribution in [-0.2, 0) is 28.8 Å². The number of H-pyrrole nitrogens is 1. The van der Waals surface area contributed by atoms with E-state index in [1.807, 2.05) is 0 Å². The molecule has 0 spiro atoms. The van der Waals surface area contributed by atoms with Crippen LogP contribution >= 0.6 is 0 Å². The van der Waals surface area contributed by atoms with Gasteiger partial charge in [-0.2, -0.15) is 22.8 Å². The number of halogens is 1. The number of imidazole rings is 1. The summed E-state index contributed by atoms with van der Waals surface area (Å²) in [6, 6.07) is 8.33. The number of aliphatic hydroxyl groups excluding tert-OH is 2. The lowest BCUT2D eigenvalue weighted by Crippen LogP contribution is -2.41. The van der Waals surface area contributed by atoms with Gasteiger partial charge in [-0.3, -0.25) is 29.3 Å². The number of aromatic nitrogens is 9. The number of nitrogens with one attached hydrogen (secondary N) is 4. The third-order valence-corrected chi connectivity index (χ3v) is 9.62. The molecule has 2 amide bonds. The fraction of sp³-hybridized carbons (Fsp3) is 0.433. The molecule has 54 heavy (non-hydrogen) atoms. The molecule has 2 aliphatic heterocycles. The van der Waals surface area contributed by atoms with Gasteiger partial charge in [0.1, 0.15) is 24.6 Å². The minimum atomic E-state index is -4.70. The average molecular weight is 773 g/mol. The molecule has 1 aromatic carbocycles. The van der Waals surface area contributed by atoms with E-state index >= 15 is 4.39 Å². The van der Waals surface area contributed by atoms with Crippen molar-refractivity contribution in [2.45, 2.75) is 63.3 Å². The van der Waals surface area contributed by atoms with Gasteiger partial charge in [0.15, 0.2) is 46.8 Å². The minimum absolute atomic E-state index is 0.0421. The first kappa shape index (κ1) is 37.0. The van der Waals surface area contributed by atoms with E-state index in [0.29, 0.717) is 5.56 Å². The van der Waals surface area contributed by atoms with Crippen LogP contribution in [0, 0.1) is 5.92 Å². The van der Waals surface area contributed by atoms with Gasteiger partial charge in [-0.05, 0) is 12.1 Å². The van der Waals surface area contributed by atoms with E-state index < -0.39 is 89.8 Å². The van der Waals surface area contributed by atoms with Gasteiger partial charge in [-0.1, -0.05) is 37.3 Å². The molecule has 2 fully saturated rings. The zero-order valence-electron chi connectivity index (χ0n) is 28.3. The summed E-state index contributed by atoms with van der Waals surface area (Å²) in [7, 11) is -4.70. The van der Waals surface area contributed by atoms with Gasteiger partial charge in [0.25, 0.3) is 11.5 Å². The zero-order valence-corrected chi connectivity index (χ0v) is 29.1. The molecular weight excluding hydrogens is 739 g/mol. The Morgan fingerprint density at radius 2 is 1.87 bits per heavy atom. The quantitative estimate of drug-likeness (QED) is 0.0914. The summed E-state index contributed by atoms with van der Waals surface area (Å²) in [4.78, 5) is 56.6. The van der Waals surface area contributed by atoms with Crippen LogP contribution in [0.15, 0.2) is 47.8 Å². The maximum atomic E-state index is 15.5. The lowest BCUT2D eigenvalue weighted by Gasteiger charge is -2.20. The molecule has 0 aliphatic carbocycles. The molecule has 0 radical (unpaired) electrons. The van der Waals surface area contributed by atoms with E-state index in [2.05, 4.69) is 50.6 Å². The molecule has 7 atom stereocenters. The molecule has 24 heteroatoms. The second-order valence-corrected chi connectivity index (χ2v) is 14.0. The maximum Gasteiger partial charge on any atom is 0.336 e. The smallest absolute Gasteiger partial charge is 0.336 e. The molecule has 7 rings (SSSR count). The highest BCUT2D eigenvalue weighted by atomic mass is 32.2. The molecule has 2 aliphatic rings. The van der Waals surface area contributed by atoms with Gasteiger partial charge in [-0.25, -0.2) is 23.5 Å². The molecular formula is C30H33FN12O10S. The first-order valence-electron chi connectivity index (χ1n) is 16.4. The van der Waals surface area contributed by atoms with Crippen molar-refractivity contribution in [2.24, 2.45) is 5.92 Å². The van der Waals surface area contributed by atoms with Crippen LogP contribution in [0.3, 0.4) is 0 Å². The maximum absolute atomic E-state index is 15.5. The summed E-state index contributed by atoms with van der Waals surface area (Å²) < 4.78 is 63.1. The Bertz CT molecular complexity index is 2360. The molecule has 6 N–H and O–H groups in total. The Balaban J connectivity index is 1.04. The average Bonchev–Trinajstić information content (AvgIpc) is 3.93. The highest BCUT2D eigenvalue weighted by Crippen LogP contribution is 2.35. The fourth-order valence-corrected chi connectivity index (χ4v) is 6.78. The number of hydrogen-bond donors (Lipinski definition) is 6. The predicted octanol–water partition coefficient (Wildman–Crippen LogP) is -0.703. The number of fused-ring (bicyclic) bond motifs is 2. The summed E-state index contributed by atoms with van der Waals surface area (Å²) in [5.74, 6) is -1.54. The second kappa shape index (κ2) is 14.8. The topological polar surface area (TPSA) is 293 Å². The van der Waals surface area contributed by atoms with E-state index in [1.54, 1.807) is 44.2 Å². The lowest BCUT2D eigenvalue weighted by atomic mass is 10.1. The standard InChI is InChI=1S/C30H33FN12O10S/c1-13(2)25(46)38-30-37-24-20(27(48)39-30)40-41-43(24)28-16(8-15(10-44)51-28)53-54(49,50)35-9-17-21(45)18(31)29(52-17)42-12-34-19-22(32-11-33-23(19)42)36-26(47)14-6-4-3-5-7-14/h3-7,11-13,15-18,21,28-29,35,44-45H,8-10H2,1-2H3,(H,32,33,36,47)(H2,37,38,39,46,48)/t15-,16+,17+,18-,21+,28+,29+/m0/s1. The molecule has 5 aromatic rings. The molecule has 2 saturated heterocycles. The number of aromatic amines is 1. The summed E-state index contributed by atoms with van der Waals surface area (Å²) in [6.45, 7) is 2.08. The number of alkyl halides is 1. The fourth-order valence-electron chi connectivity index (χ4n) is 5.84. The van der Waals surface area contributed by atoms with Gasteiger partial charge in [-0.15, -0.1) is 5.10 Å². The third kappa shape index (κ3) is 7.26. The number of anilines is 2. The van der Waals surface area contributed by atoms with Crippen molar-refractivity contribution in [1.82, 2.24) is 49.2 Å². The lowest BCUT2D eigenvalue weighted by molar-refractivity contribution is -0.118. The zero-order chi connectivity index (χ0) is 38.3. The number of carbonyl (C=O) groups excluding carboxylic acids is 2. The van der Waals surface area contributed by atoms with Gasteiger partial charge in [0, 0.05) is 24.4 Å². The molecule has 22 nitrogen and oxygen atoms in total. The van der Waals surface area contributed by atoms with E-state index in [9.17, 15) is 33.0 Å². The van der Waals surface area contributed by atoms with Gasteiger partial charge in [0.05, 0.1) is 19.0 Å². The van der Waals surface area contributed by atoms with Crippen molar-refractivity contribution in [1.29, 1.82) is 0 Å². The van der Waals surface area contributed by atoms with Crippen LogP contribution in [0.2, 0.25) is 0 Å². The van der Waals surface area contributed by atoms with Crippen LogP contribution in [0.5, 0.6) is 0 Å². The second-order valence-electron chi connectivity index (χ2n) is 12.6. The number of amides is 2. The Labute approximate surface area is 303 Å². The first-order chi connectivity index (χ1) is 25.8. The number of nitrogens with zero attached hydrogens (tertiary/aromatic N) is 8. The predicted molar refractivity (Wildman–Crippen MR) is 181 cm³/mol. The summed E-state index contributed by atoms with van der Waals surface area (Å²) in [6.07, 6.45) is -8.31. The van der Waals surface area contributed by atoms with Gasteiger partial charge >= 0.3 is 10.3 Å². The number of benzene rings is 1. The van der Waals surface area contributed by atoms with Crippen LogP contribution < -0.4 is 20.9 Å². The van der Waals surface area contributed by atoms with E-state index in [0.717, 1.165) is 11.0 Å². The molecule has 4 aromatic heterocycles. The molecule has 0 bridgehead atoms. The van der Waals surface area contributed by atoms with Crippen molar-refractivity contribution in [2.75, 3.05) is 23.8 Å². The largest absolute Gasteiger partial charge is 0.394 e. The first-order valence-corrected chi connectivity index (χ1v) is 17.9. The molecule has 286 valence electrons. The monoisotopic (exact) mass is 772 g/mol. The van der Waals surface area contributed by atoms with Crippen LogP contribution in [0.25, 0.3) is 22.3 Å². The summed E-state index contributed by atoms with van der Waals surface area (Å²) in [5.41, 5.74) is -0.645. The normalized spacial score (nSPS) is 24.4. The highest BCUT2D eigenvalue weighted by molar-refractivity contribution is 7.84. The SMILES string of the molecule is CC(C)C(=O)Nc1nc2c(nnn2[C@@H]2O[C@H](CO)C[C@H]2OS(=O)(=O)NC[C@H]2O[C@@H](n3cnc4c(NC(=O)c5ccccc5)ncnc43)[C@@H](F)[C@@H]2O)c(=O)[nH]1. The van der Waals surface area contributed by atoms with Crippen LogP contribution in [-0.4, -0.2) is 119 Å². The number of carbonyl (C=O) groups is 2. The van der Waals surface area contributed by atoms with Crippen molar-refractivity contribution in [3.8, 4) is 0 Å². The van der Waals surface area contributed by atoms with Gasteiger partial charge < -0.3 is 25.0 Å². The van der Waals surface area contributed by atoms with Crippen molar-refractivity contribution < 1.29 is 46.3 Å². The Hall–Kier alpha value is -5.37. The molecule has 0 saturated carbocycles. The Morgan fingerprint density at radius 3 is 2.61 bits per heavy atom. The third-order valence-electron chi connectivity index (χ3n) is 8.60. The number of ether oxygens (including phenoxy) is 2. The van der Waals surface area contributed by atoms with Crippen LogP contribution in [0.4, 0.5) is 16.2 Å².